The summed E-state index contributed by atoms with van der Waals surface area (Å²) in [6.45, 7) is 3.33. The number of rotatable bonds is 4. The number of hydrogen-bond donors (Lipinski definition) is 1. The Kier molecular flexibility index (Phi) is 3.60. The smallest absolute Gasteiger partial charge is 0.312 e. The number of aliphatic carboxylic acids is 1. The summed E-state index contributed by atoms with van der Waals surface area (Å²) in [6.07, 6.45) is 2.22. The first-order valence-corrected chi connectivity index (χ1v) is 6.43. The Hall–Kier alpha value is -1.84. The van der Waals surface area contributed by atoms with Crippen LogP contribution in [-0.4, -0.2) is 23.5 Å². The molecular weight excluding hydrogens is 244 g/mol. The topological polar surface area (TPSA) is 63.6 Å². The first-order valence-electron chi connectivity index (χ1n) is 6.43. The fraction of sp³-hybridized carbons (Fsp3) is 0.467. The minimum atomic E-state index is -0.943. The van der Waals surface area contributed by atoms with Gasteiger partial charge in [0.25, 0.3) is 0 Å². The highest BCUT2D eigenvalue weighted by molar-refractivity contribution is 5.99. The summed E-state index contributed by atoms with van der Waals surface area (Å²) in [7, 11) is 0. The molecule has 102 valence electrons. The molecule has 0 aliphatic heterocycles. The van der Waals surface area contributed by atoms with E-state index in [1.807, 2.05) is 6.07 Å². The van der Waals surface area contributed by atoms with Crippen molar-refractivity contribution >= 4 is 11.8 Å². The van der Waals surface area contributed by atoms with E-state index in [0.29, 0.717) is 12.2 Å². The third-order valence-corrected chi connectivity index (χ3v) is 3.43. The normalized spacial score (nSPS) is 14.9. The molecule has 1 aromatic rings. The maximum absolute atomic E-state index is 11.8. The summed E-state index contributed by atoms with van der Waals surface area (Å²) in [4.78, 5) is 22.8. The van der Waals surface area contributed by atoms with Crippen molar-refractivity contribution in [3.8, 4) is 5.75 Å². The standard InChI is InChI=1S/C15H18O4/c1-15(2,14(17)18)9-19-13-8-4-5-10-11(13)6-3-7-12(10)16/h4-5,8H,3,6-7,9H2,1-2H3,(H,17,18). The highest BCUT2D eigenvalue weighted by atomic mass is 16.5. The van der Waals surface area contributed by atoms with Crippen LogP contribution in [0, 0.1) is 5.41 Å². The molecule has 0 amide bonds. The number of benzene rings is 1. The number of ketones is 1. The Bertz CT molecular complexity index is 517. The molecule has 0 heterocycles. The zero-order valence-corrected chi connectivity index (χ0v) is 11.2. The van der Waals surface area contributed by atoms with Gasteiger partial charge in [-0.05, 0) is 32.8 Å². The Morgan fingerprint density at radius 1 is 1.37 bits per heavy atom. The lowest BCUT2D eigenvalue weighted by Crippen LogP contribution is -2.31. The first-order chi connectivity index (χ1) is 8.92. The Balaban J connectivity index is 2.20. The van der Waals surface area contributed by atoms with Crippen LogP contribution in [0.15, 0.2) is 18.2 Å². The van der Waals surface area contributed by atoms with Gasteiger partial charge in [0, 0.05) is 17.5 Å². The van der Waals surface area contributed by atoms with E-state index in [2.05, 4.69) is 0 Å². The minimum Gasteiger partial charge on any atom is -0.492 e. The molecule has 0 radical (unpaired) electrons. The van der Waals surface area contributed by atoms with E-state index >= 15 is 0 Å². The molecule has 0 unspecified atom stereocenters. The van der Waals surface area contributed by atoms with Gasteiger partial charge in [0.05, 0.1) is 5.41 Å². The first kappa shape index (κ1) is 13.6. The molecule has 0 fully saturated rings. The van der Waals surface area contributed by atoms with Crippen LogP contribution < -0.4 is 4.74 Å². The molecule has 19 heavy (non-hydrogen) atoms. The van der Waals surface area contributed by atoms with Crippen molar-refractivity contribution in [1.29, 1.82) is 0 Å². The molecular formula is C15H18O4. The van der Waals surface area contributed by atoms with Crippen LogP contribution >= 0.6 is 0 Å². The fourth-order valence-electron chi connectivity index (χ4n) is 2.10. The molecule has 1 aromatic carbocycles. The van der Waals surface area contributed by atoms with Gasteiger partial charge in [-0.25, -0.2) is 0 Å². The molecule has 0 saturated carbocycles. The van der Waals surface area contributed by atoms with E-state index in [9.17, 15) is 9.59 Å². The summed E-state index contributed by atoms with van der Waals surface area (Å²) in [5, 5.41) is 9.07. The van der Waals surface area contributed by atoms with Crippen molar-refractivity contribution in [3.63, 3.8) is 0 Å². The van der Waals surface area contributed by atoms with E-state index < -0.39 is 11.4 Å². The number of carbonyl (C=O) groups excluding carboxylic acids is 1. The van der Waals surface area contributed by atoms with Gasteiger partial charge in [-0.2, -0.15) is 0 Å². The largest absolute Gasteiger partial charge is 0.492 e. The van der Waals surface area contributed by atoms with Crippen LogP contribution in [0.4, 0.5) is 0 Å². The van der Waals surface area contributed by atoms with E-state index in [-0.39, 0.29) is 12.4 Å². The van der Waals surface area contributed by atoms with Crippen molar-refractivity contribution in [2.75, 3.05) is 6.61 Å². The number of hydrogen-bond acceptors (Lipinski definition) is 3. The molecule has 1 aliphatic rings. The predicted octanol–water partition coefficient (Wildman–Crippen LogP) is 2.70. The zero-order chi connectivity index (χ0) is 14.0. The highest BCUT2D eigenvalue weighted by Crippen LogP contribution is 2.30. The van der Waals surface area contributed by atoms with Crippen LogP contribution in [0.1, 0.15) is 42.6 Å². The van der Waals surface area contributed by atoms with Crippen molar-refractivity contribution in [2.24, 2.45) is 5.41 Å². The van der Waals surface area contributed by atoms with Crippen LogP contribution in [0.5, 0.6) is 5.75 Å². The fourth-order valence-corrected chi connectivity index (χ4v) is 2.10. The van der Waals surface area contributed by atoms with E-state index in [0.717, 1.165) is 24.0 Å². The minimum absolute atomic E-state index is 0.0903. The predicted molar refractivity (Wildman–Crippen MR) is 70.6 cm³/mol. The number of carboxylic acid groups (broad SMARTS) is 1. The second-order valence-electron chi connectivity index (χ2n) is 5.54. The maximum Gasteiger partial charge on any atom is 0.312 e. The van der Waals surface area contributed by atoms with Gasteiger partial charge in [-0.1, -0.05) is 12.1 Å². The van der Waals surface area contributed by atoms with Crippen molar-refractivity contribution in [1.82, 2.24) is 0 Å². The van der Waals surface area contributed by atoms with E-state index in [4.69, 9.17) is 9.84 Å². The lowest BCUT2D eigenvalue weighted by atomic mass is 9.90. The maximum atomic E-state index is 11.8. The number of carboxylic acids is 1. The molecule has 0 spiro atoms. The quantitative estimate of drug-likeness (QED) is 0.906. The van der Waals surface area contributed by atoms with Gasteiger partial charge in [0.15, 0.2) is 5.78 Å². The lowest BCUT2D eigenvalue weighted by Gasteiger charge is -2.23. The average molecular weight is 262 g/mol. The SMILES string of the molecule is CC(C)(COc1cccc2c1CCCC2=O)C(=O)O. The molecule has 0 bridgehead atoms. The third kappa shape index (κ3) is 2.78. The molecule has 1 N–H and O–H groups in total. The number of fused-ring (bicyclic) bond motifs is 1. The third-order valence-electron chi connectivity index (χ3n) is 3.43. The van der Waals surface area contributed by atoms with Gasteiger partial charge in [0.2, 0.25) is 0 Å². The molecule has 1 aliphatic carbocycles. The summed E-state index contributed by atoms with van der Waals surface area (Å²) in [5.74, 6) is -0.113. The Labute approximate surface area is 112 Å². The Morgan fingerprint density at radius 2 is 2.11 bits per heavy atom. The number of Topliss-reactive ketones (excluding diaryl/α,β-unsaturated/α-hetero) is 1. The van der Waals surface area contributed by atoms with Crippen LogP contribution in [0.3, 0.4) is 0 Å². The van der Waals surface area contributed by atoms with E-state index in [1.54, 1.807) is 26.0 Å². The highest BCUT2D eigenvalue weighted by Gasteiger charge is 2.29. The van der Waals surface area contributed by atoms with Crippen LogP contribution in [0.2, 0.25) is 0 Å². The van der Waals surface area contributed by atoms with Crippen LogP contribution in [-0.2, 0) is 11.2 Å². The van der Waals surface area contributed by atoms with Crippen molar-refractivity contribution in [3.05, 3.63) is 29.3 Å². The summed E-state index contributed by atoms with van der Waals surface area (Å²) in [6, 6.07) is 5.40. The molecule has 4 nitrogen and oxygen atoms in total. The van der Waals surface area contributed by atoms with Gasteiger partial charge in [-0.15, -0.1) is 0 Å². The van der Waals surface area contributed by atoms with E-state index in [1.165, 1.54) is 0 Å². The van der Waals surface area contributed by atoms with Gasteiger partial charge in [-0.3, -0.25) is 9.59 Å². The lowest BCUT2D eigenvalue weighted by molar-refractivity contribution is -0.148. The molecule has 0 aromatic heterocycles. The summed E-state index contributed by atoms with van der Waals surface area (Å²) < 4.78 is 5.65. The monoisotopic (exact) mass is 262 g/mol. The molecule has 4 heteroatoms. The Morgan fingerprint density at radius 3 is 2.79 bits per heavy atom. The number of ether oxygens (including phenoxy) is 1. The zero-order valence-electron chi connectivity index (χ0n) is 11.2. The van der Waals surface area contributed by atoms with Crippen molar-refractivity contribution < 1.29 is 19.4 Å². The molecule has 0 saturated heterocycles. The average Bonchev–Trinajstić information content (AvgIpc) is 2.37. The summed E-state index contributed by atoms with van der Waals surface area (Å²) >= 11 is 0. The van der Waals surface area contributed by atoms with Crippen LogP contribution in [0.25, 0.3) is 0 Å². The second-order valence-corrected chi connectivity index (χ2v) is 5.54. The molecule has 2 rings (SSSR count). The van der Waals surface area contributed by atoms with Gasteiger partial charge >= 0.3 is 5.97 Å². The van der Waals surface area contributed by atoms with Crippen molar-refractivity contribution in [2.45, 2.75) is 33.1 Å². The summed E-state index contributed by atoms with van der Waals surface area (Å²) in [5.41, 5.74) is 0.693. The van der Waals surface area contributed by atoms with Gasteiger partial charge < -0.3 is 9.84 Å². The molecule has 0 atom stereocenters. The second kappa shape index (κ2) is 5.03. The number of carbonyl (C=O) groups is 2. The van der Waals surface area contributed by atoms with Gasteiger partial charge in [0.1, 0.15) is 12.4 Å².